The first-order valence-corrected chi connectivity index (χ1v) is 5.63. The van der Waals surface area contributed by atoms with E-state index in [1.54, 1.807) is 0 Å². The average Bonchev–Trinajstić information content (AvgIpc) is 2.59. The van der Waals surface area contributed by atoms with Crippen molar-refractivity contribution in [1.29, 1.82) is 0 Å². The monoisotopic (exact) mass is 201 g/mol. The van der Waals surface area contributed by atoms with Crippen LogP contribution < -0.4 is 0 Å². The van der Waals surface area contributed by atoms with Crippen LogP contribution in [0.5, 0.6) is 0 Å². The van der Waals surface area contributed by atoms with Crippen molar-refractivity contribution < 1.29 is 0 Å². The molecule has 0 bridgehead atoms. The summed E-state index contributed by atoms with van der Waals surface area (Å²) in [5.41, 5.74) is 4.28. The van der Waals surface area contributed by atoms with Gasteiger partial charge < -0.3 is 4.98 Å². The lowest BCUT2D eigenvalue weighted by atomic mass is 9.86. The maximum Gasteiger partial charge on any atom is 0.0457 e. The number of hydrogen-bond acceptors (Lipinski definition) is 0. The van der Waals surface area contributed by atoms with Gasteiger partial charge in [0.05, 0.1) is 0 Å². The molecule has 0 radical (unpaired) electrons. The lowest BCUT2D eigenvalue weighted by Gasteiger charge is -2.17. The van der Waals surface area contributed by atoms with E-state index in [0.29, 0.717) is 0 Å². The van der Waals surface area contributed by atoms with Gasteiger partial charge >= 0.3 is 0 Å². The van der Waals surface area contributed by atoms with Crippen LogP contribution in [0.3, 0.4) is 0 Å². The molecule has 2 rings (SSSR count). The van der Waals surface area contributed by atoms with Gasteiger partial charge in [-0.05, 0) is 35.1 Å². The zero-order valence-electron chi connectivity index (χ0n) is 10.0. The summed E-state index contributed by atoms with van der Waals surface area (Å²) in [6.07, 6.45) is 3.24. The molecule has 1 heteroatoms. The van der Waals surface area contributed by atoms with E-state index in [0.717, 1.165) is 6.42 Å². The zero-order valence-corrected chi connectivity index (χ0v) is 10.0. The van der Waals surface area contributed by atoms with Crippen LogP contribution in [0.1, 0.15) is 38.8 Å². The highest BCUT2D eigenvalue weighted by Crippen LogP contribution is 2.30. The van der Waals surface area contributed by atoms with Crippen molar-refractivity contribution in [3.63, 3.8) is 0 Å². The predicted octanol–water partition coefficient (Wildman–Crippen LogP) is 4.03. The number of aromatic nitrogens is 1. The van der Waals surface area contributed by atoms with E-state index < -0.39 is 0 Å². The largest absolute Gasteiger partial charge is 0.361 e. The Bertz CT molecular complexity index is 472. The third-order valence-electron chi connectivity index (χ3n) is 2.96. The van der Waals surface area contributed by atoms with Gasteiger partial charge in [-0.2, -0.15) is 0 Å². The Kier molecular flexibility index (Phi) is 2.34. The van der Waals surface area contributed by atoms with Crippen LogP contribution in [0, 0.1) is 0 Å². The number of hydrogen-bond donors (Lipinski definition) is 1. The number of rotatable bonds is 1. The molecule has 2 aromatic rings. The molecule has 0 saturated heterocycles. The Labute approximate surface area is 91.5 Å². The normalized spacial score (nSPS) is 12.3. The maximum absolute atomic E-state index is 3.35. The summed E-state index contributed by atoms with van der Waals surface area (Å²) in [5.74, 6) is 0. The smallest absolute Gasteiger partial charge is 0.0457 e. The van der Waals surface area contributed by atoms with Gasteiger partial charge in [0.1, 0.15) is 0 Å². The minimum atomic E-state index is 0.213. The lowest BCUT2D eigenvalue weighted by Crippen LogP contribution is -2.09. The molecule has 0 aliphatic heterocycles. The lowest BCUT2D eigenvalue weighted by molar-refractivity contribution is 0.596. The fraction of sp³-hybridized carbons (Fsp3) is 0.429. The van der Waals surface area contributed by atoms with Gasteiger partial charge in [-0.3, -0.25) is 0 Å². The maximum atomic E-state index is 3.35. The highest BCUT2D eigenvalue weighted by molar-refractivity contribution is 5.84. The molecule has 1 heterocycles. The topological polar surface area (TPSA) is 15.8 Å². The fourth-order valence-electron chi connectivity index (χ4n) is 2.01. The van der Waals surface area contributed by atoms with Gasteiger partial charge in [-0.15, -0.1) is 0 Å². The highest BCUT2D eigenvalue weighted by Gasteiger charge is 2.17. The minimum Gasteiger partial charge on any atom is -0.361 e. The molecule has 0 fully saturated rings. The number of aromatic amines is 1. The summed E-state index contributed by atoms with van der Waals surface area (Å²) in [4.78, 5) is 3.35. The summed E-state index contributed by atoms with van der Waals surface area (Å²) < 4.78 is 0. The van der Waals surface area contributed by atoms with E-state index in [1.807, 2.05) is 0 Å². The van der Waals surface area contributed by atoms with Crippen molar-refractivity contribution in [2.24, 2.45) is 0 Å². The van der Waals surface area contributed by atoms with Crippen LogP contribution >= 0.6 is 0 Å². The molecule has 0 unspecified atom stereocenters. The van der Waals surface area contributed by atoms with Crippen molar-refractivity contribution in [2.75, 3.05) is 0 Å². The number of nitrogens with one attached hydrogen (secondary N) is 1. The van der Waals surface area contributed by atoms with Crippen molar-refractivity contribution in [3.05, 3.63) is 35.5 Å². The third-order valence-corrected chi connectivity index (χ3v) is 2.96. The zero-order chi connectivity index (χ0) is 11.1. The van der Waals surface area contributed by atoms with Crippen LogP contribution in [0.15, 0.2) is 24.4 Å². The summed E-state index contributed by atoms with van der Waals surface area (Å²) in [7, 11) is 0. The molecule has 80 valence electrons. The van der Waals surface area contributed by atoms with Crippen LogP contribution in [0.4, 0.5) is 0 Å². The van der Waals surface area contributed by atoms with Gasteiger partial charge in [0.25, 0.3) is 0 Å². The van der Waals surface area contributed by atoms with Crippen LogP contribution in [0.25, 0.3) is 10.9 Å². The first-order chi connectivity index (χ1) is 7.02. The second kappa shape index (κ2) is 3.41. The molecule has 0 saturated carbocycles. The second-order valence-corrected chi connectivity index (χ2v) is 5.19. The van der Waals surface area contributed by atoms with E-state index in [2.05, 4.69) is 57.1 Å². The molecular formula is C14H19N. The summed E-state index contributed by atoms with van der Waals surface area (Å²) >= 11 is 0. The number of aryl methyl sites for hydroxylation is 1. The van der Waals surface area contributed by atoms with E-state index in [9.17, 15) is 0 Å². The minimum absolute atomic E-state index is 0.213. The first kappa shape index (κ1) is 10.3. The number of fused-ring (bicyclic) bond motifs is 1. The van der Waals surface area contributed by atoms with Gasteiger partial charge in [0, 0.05) is 17.1 Å². The van der Waals surface area contributed by atoms with Gasteiger partial charge in [0.15, 0.2) is 0 Å². The Hall–Kier alpha value is -1.24. The van der Waals surface area contributed by atoms with E-state index in [4.69, 9.17) is 0 Å². The highest BCUT2D eigenvalue weighted by atomic mass is 14.7. The molecule has 1 aromatic heterocycles. The van der Waals surface area contributed by atoms with Crippen LogP contribution in [-0.2, 0) is 11.8 Å². The molecule has 1 aromatic carbocycles. The fourth-order valence-corrected chi connectivity index (χ4v) is 2.01. The van der Waals surface area contributed by atoms with Crippen molar-refractivity contribution in [3.8, 4) is 0 Å². The van der Waals surface area contributed by atoms with Crippen molar-refractivity contribution in [2.45, 2.75) is 39.5 Å². The molecule has 15 heavy (non-hydrogen) atoms. The molecule has 0 aliphatic carbocycles. The molecule has 0 spiro atoms. The number of H-pyrrole nitrogens is 1. The predicted molar refractivity (Wildman–Crippen MR) is 66.4 cm³/mol. The summed E-state index contributed by atoms with van der Waals surface area (Å²) in [5, 5.41) is 1.38. The Morgan fingerprint density at radius 3 is 2.53 bits per heavy atom. The third kappa shape index (κ3) is 1.79. The van der Waals surface area contributed by atoms with Crippen LogP contribution in [0.2, 0.25) is 0 Å². The summed E-state index contributed by atoms with van der Waals surface area (Å²) in [6, 6.07) is 6.70. The number of benzene rings is 1. The molecular weight excluding hydrogens is 182 g/mol. The van der Waals surface area contributed by atoms with E-state index in [1.165, 1.54) is 22.0 Å². The molecule has 0 atom stereocenters. The van der Waals surface area contributed by atoms with Gasteiger partial charge in [0.2, 0.25) is 0 Å². The van der Waals surface area contributed by atoms with Gasteiger partial charge in [-0.1, -0.05) is 33.8 Å². The SMILES string of the molecule is CCc1ccc2[nH]cc(C(C)(C)C)c2c1. The van der Waals surface area contributed by atoms with E-state index >= 15 is 0 Å². The molecule has 1 N–H and O–H groups in total. The van der Waals surface area contributed by atoms with Gasteiger partial charge in [-0.25, -0.2) is 0 Å². The van der Waals surface area contributed by atoms with Crippen molar-refractivity contribution >= 4 is 10.9 Å². The average molecular weight is 201 g/mol. The molecule has 1 nitrogen and oxygen atoms in total. The Balaban J connectivity index is 2.67. The molecule has 0 aliphatic rings. The Morgan fingerprint density at radius 1 is 1.20 bits per heavy atom. The van der Waals surface area contributed by atoms with Crippen molar-refractivity contribution in [1.82, 2.24) is 4.98 Å². The van der Waals surface area contributed by atoms with E-state index in [-0.39, 0.29) is 5.41 Å². The summed E-state index contributed by atoms with van der Waals surface area (Å²) in [6.45, 7) is 8.97. The first-order valence-electron chi connectivity index (χ1n) is 5.63. The quantitative estimate of drug-likeness (QED) is 0.717. The standard InChI is InChI=1S/C14H19N/c1-5-10-6-7-13-11(8-10)12(9-15-13)14(2,3)4/h6-9,15H,5H2,1-4H3. The van der Waals surface area contributed by atoms with Crippen LogP contribution in [-0.4, -0.2) is 4.98 Å². The Morgan fingerprint density at radius 2 is 1.93 bits per heavy atom. The molecule has 0 amide bonds. The second-order valence-electron chi connectivity index (χ2n) is 5.19.